The van der Waals surface area contributed by atoms with Gasteiger partial charge in [-0.15, -0.1) is 0 Å². The molecular weight excluding hydrogens is 831 g/mol. The summed E-state index contributed by atoms with van der Waals surface area (Å²) in [7, 11) is 0. The number of hydrazine groups is 2. The second kappa shape index (κ2) is 26.5. The van der Waals surface area contributed by atoms with Crippen molar-refractivity contribution in [1.82, 2.24) is 42.6 Å². The fraction of sp³-hybridized carbons (Fsp3) is 0.619. The first-order valence-corrected chi connectivity index (χ1v) is 22.1. The summed E-state index contributed by atoms with van der Waals surface area (Å²) in [6, 6.07) is 12.4. The van der Waals surface area contributed by atoms with Crippen LogP contribution >= 0.6 is 23.2 Å². The van der Waals surface area contributed by atoms with Crippen molar-refractivity contribution in [3.8, 4) is 11.5 Å². The molecule has 1 unspecified atom stereocenters. The van der Waals surface area contributed by atoms with Crippen LogP contribution in [0.15, 0.2) is 42.5 Å². The summed E-state index contributed by atoms with van der Waals surface area (Å²) in [5, 5.41) is 17.9. The Morgan fingerprint density at radius 1 is 0.754 bits per heavy atom. The molecule has 3 fully saturated rings. The largest absolute Gasteiger partial charge is 0.484 e. The predicted octanol–water partition coefficient (Wildman–Crippen LogP) is 3.55. The molecule has 1 aliphatic carbocycles. The van der Waals surface area contributed by atoms with E-state index in [1.54, 1.807) is 36.4 Å². The van der Waals surface area contributed by atoms with E-state index >= 15 is 0 Å². The summed E-state index contributed by atoms with van der Waals surface area (Å²) in [5.74, 6) is 0.759. The third-order valence-corrected chi connectivity index (χ3v) is 11.3. The van der Waals surface area contributed by atoms with Gasteiger partial charge in [-0.3, -0.25) is 14.4 Å². The highest BCUT2D eigenvalue weighted by Gasteiger charge is 2.28. The number of rotatable bonds is 27. The number of nitrogens with one attached hydrogen (secondary N) is 7. The average Bonchev–Trinajstić information content (AvgIpc) is 3.85. The van der Waals surface area contributed by atoms with E-state index in [1.807, 2.05) is 18.0 Å². The van der Waals surface area contributed by atoms with Crippen LogP contribution in [0, 0.1) is 0 Å². The third kappa shape index (κ3) is 18.1. The quantitative estimate of drug-likeness (QED) is 0.0645. The number of carbonyl (C=O) groups excluding carboxylic acids is 4. The molecule has 0 radical (unpaired) electrons. The van der Waals surface area contributed by atoms with Gasteiger partial charge in [0, 0.05) is 54.2 Å². The highest BCUT2D eigenvalue weighted by molar-refractivity contribution is 6.31. The Hall–Kier alpha value is -3.94. The van der Waals surface area contributed by atoms with Crippen LogP contribution in [0.25, 0.3) is 0 Å². The second-order valence-corrected chi connectivity index (χ2v) is 16.3. The number of hydrogen-bond acceptors (Lipinski definition) is 12. The van der Waals surface area contributed by atoms with E-state index in [0.29, 0.717) is 87.2 Å². The SMILES string of the molecule is C[C@@H]1NC(=O)N[C@@H]1CCCCCC(=O)NCCOCCOCCOCCN1CC(c2cc(OCC(=O)NC3CCC(NC(=O)COc4ccc(Cl)cc4)CC3)ccc2Cl)NN1. The van der Waals surface area contributed by atoms with Crippen LogP contribution in [0.3, 0.4) is 0 Å². The van der Waals surface area contributed by atoms with Gasteiger partial charge in [0.1, 0.15) is 11.5 Å². The number of hydrogen-bond donors (Lipinski definition) is 7. The molecule has 3 atom stereocenters. The number of unbranched alkanes of at least 4 members (excludes halogenated alkanes) is 2. The second-order valence-electron chi connectivity index (χ2n) is 15.5. The molecule has 0 spiro atoms. The number of urea groups is 1. The van der Waals surface area contributed by atoms with Gasteiger partial charge in [-0.25, -0.2) is 15.2 Å². The van der Waals surface area contributed by atoms with E-state index in [9.17, 15) is 19.2 Å². The summed E-state index contributed by atoms with van der Waals surface area (Å²) in [6.07, 6.45) is 7.16. The molecule has 0 aromatic heterocycles. The number of ether oxygens (including phenoxy) is 5. The van der Waals surface area contributed by atoms with E-state index in [1.165, 1.54) is 0 Å². The van der Waals surface area contributed by atoms with Gasteiger partial charge in [0.05, 0.1) is 51.7 Å². The molecular formula is C42H62Cl2N8O9. The van der Waals surface area contributed by atoms with Crippen molar-refractivity contribution in [2.24, 2.45) is 0 Å². The molecule has 1 saturated carbocycles. The fourth-order valence-corrected chi connectivity index (χ4v) is 7.67. The van der Waals surface area contributed by atoms with E-state index in [0.717, 1.165) is 56.9 Å². The zero-order valence-electron chi connectivity index (χ0n) is 34.9. The first kappa shape index (κ1) is 48.1. The molecule has 19 heteroatoms. The van der Waals surface area contributed by atoms with Crippen molar-refractivity contribution in [3.63, 3.8) is 0 Å². The normalized spacial score (nSPS) is 21.4. The standard InChI is InChI=1S/C42H62Cl2N8O9/c1-29-37(49-42(56)46-29)5-3-2-4-6-39(53)45-17-19-57-21-23-59-24-22-58-20-18-52-26-38(50-51-52)35-25-34(15-16-36(35)44)61-28-41(55)48-32-11-9-31(10-12-32)47-40(54)27-60-33-13-7-30(43)8-14-33/h7-8,13-16,25,29,31-32,37-38,50-51H,2-6,9-12,17-24,26-28H2,1H3,(H,45,53)(H,47,54)(H,48,55)(H2,46,49,56)/t29-,31?,32?,37+,38?/m0/s1. The first-order chi connectivity index (χ1) is 29.6. The molecule has 61 heavy (non-hydrogen) atoms. The Kier molecular flexibility index (Phi) is 20.9. The van der Waals surface area contributed by atoms with Crippen LogP contribution in [-0.2, 0) is 28.6 Å². The summed E-state index contributed by atoms with van der Waals surface area (Å²) < 4.78 is 28.3. The highest BCUT2D eigenvalue weighted by atomic mass is 35.5. The van der Waals surface area contributed by atoms with Crippen molar-refractivity contribution in [1.29, 1.82) is 0 Å². The van der Waals surface area contributed by atoms with Gasteiger partial charge < -0.3 is 50.3 Å². The number of nitrogens with zero attached hydrogens (tertiary/aromatic N) is 1. The van der Waals surface area contributed by atoms with Gasteiger partial charge in [-0.1, -0.05) is 36.0 Å². The Balaban J connectivity index is 0.827. The van der Waals surface area contributed by atoms with Crippen LogP contribution in [-0.4, -0.2) is 125 Å². The lowest BCUT2D eigenvalue weighted by Gasteiger charge is -2.29. The molecule has 2 heterocycles. The molecule has 2 aliphatic heterocycles. The smallest absolute Gasteiger partial charge is 0.315 e. The summed E-state index contributed by atoms with van der Waals surface area (Å²) in [5.41, 5.74) is 7.26. The van der Waals surface area contributed by atoms with Crippen molar-refractivity contribution >= 4 is 47.0 Å². The van der Waals surface area contributed by atoms with Crippen molar-refractivity contribution in [3.05, 3.63) is 58.1 Å². The minimum Gasteiger partial charge on any atom is -0.484 e. The molecule has 338 valence electrons. The Bertz CT molecular complexity index is 1670. The topological polar surface area (TPSA) is 202 Å². The van der Waals surface area contributed by atoms with Crippen LogP contribution in [0.2, 0.25) is 10.0 Å². The Morgan fingerprint density at radius 3 is 2.03 bits per heavy atom. The minimum atomic E-state index is -0.204. The van der Waals surface area contributed by atoms with Crippen LogP contribution < -0.4 is 47.0 Å². The van der Waals surface area contributed by atoms with E-state index in [-0.39, 0.29) is 67.2 Å². The zero-order valence-corrected chi connectivity index (χ0v) is 36.5. The molecule has 2 saturated heterocycles. The maximum absolute atomic E-state index is 12.7. The Morgan fingerprint density at radius 2 is 1.38 bits per heavy atom. The van der Waals surface area contributed by atoms with E-state index in [2.05, 4.69) is 37.5 Å². The molecule has 7 N–H and O–H groups in total. The third-order valence-electron chi connectivity index (χ3n) is 10.7. The highest BCUT2D eigenvalue weighted by Crippen LogP contribution is 2.29. The molecule has 3 aliphatic rings. The van der Waals surface area contributed by atoms with Crippen LogP contribution in [0.5, 0.6) is 11.5 Å². The van der Waals surface area contributed by atoms with Crippen molar-refractivity contribution in [2.45, 2.75) is 94.9 Å². The van der Waals surface area contributed by atoms with Crippen LogP contribution in [0.4, 0.5) is 4.79 Å². The van der Waals surface area contributed by atoms with Gasteiger partial charge in [-0.05, 0) is 93.5 Å². The summed E-state index contributed by atoms with van der Waals surface area (Å²) in [6.45, 7) is 6.23. The van der Waals surface area contributed by atoms with Crippen LogP contribution in [0.1, 0.15) is 76.3 Å². The number of halogens is 2. The van der Waals surface area contributed by atoms with Gasteiger partial charge >= 0.3 is 6.03 Å². The van der Waals surface area contributed by atoms with Gasteiger partial charge in [0.15, 0.2) is 13.2 Å². The minimum absolute atomic E-state index is 0.0138. The van der Waals surface area contributed by atoms with Crippen molar-refractivity contribution in [2.75, 3.05) is 72.5 Å². The van der Waals surface area contributed by atoms with Gasteiger partial charge in [0.25, 0.3) is 11.8 Å². The maximum atomic E-state index is 12.7. The van der Waals surface area contributed by atoms with Crippen molar-refractivity contribution < 1.29 is 42.9 Å². The maximum Gasteiger partial charge on any atom is 0.315 e. The predicted molar refractivity (Wildman–Crippen MR) is 230 cm³/mol. The summed E-state index contributed by atoms with van der Waals surface area (Å²) in [4.78, 5) is 48.5. The fourth-order valence-electron chi connectivity index (χ4n) is 7.29. The molecule has 17 nitrogen and oxygen atoms in total. The van der Waals surface area contributed by atoms with E-state index in [4.69, 9.17) is 46.9 Å². The first-order valence-electron chi connectivity index (χ1n) is 21.3. The lowest BCUT2D eigenvalue weighted by atomic mass is 9.91. The van der Waals surface area contributed by atoms with E-state index < -0.39 is 0 Å². The molecule has 2 aromatic rings. The zero-order chi connectivity index (χ0) is 43.2. The molecule has 0 bridgehead atoms. The lowest BCUT2D eigenvalue weighted by Crippen LogP contribution is -2.45. The number of amides is 5. The molecule has 5 amide bonds. The number of carbonyl (C=O) groups is 4. The summed E-state index contributed by atoms with van der Waals surface area (Å²) >= 11 is 12.5. The molecule has 5 rings (SSSR count). The van der Waals surface area contributed by atoms with Gasteiger partial charge in [0.2, 0.25) is 5.91 Å². The van der Waals surface area contributed by atoms with Gasteiger partial charge in [-0.2, -0.15) is 5.53 Å². The Labute approximate surface area is 368 Å². The lowest BCUT2D eigenvalue weighted by molar-refractivity contribution is -0.125. The average molecular weight is 894 g/mol. The number of benzene rings is 2. The molecule has 2 aromatic carbocycles. The monoisotopic (exact) mass is 892 g/mol.